The molecule has 6 nitrogen and oxygen atoms in total. The Kier molecular flexibility index (Phi) is 3.75. The third kappa shape index (κ3) is 2.31. The van der Waals surface area contributed by atoms with Gasteiger partial charge in [0.05, 0.1) is 5.41 Å². The number of primary amides is 1. The normalized spacial score (nSPS) is 23.2. The molecule has 2 rings (SSSR count). The molecule has 2 fully saturated rings. The van der Waals surface area contributed by atoms with Gasteiger partial charge in [-0.3, -0.25) is 14.4 Å². The van der Waals surface area contributed by atoms with Crippen molar-refractivity contribution in [1.82, 2.24) is 9.80 Å². The molecule has 106 valence electrons. The first kappa shape index (κ1) is 14.2. The maximum Gasteiger partial charge on any atom is 0.241 e. The molecule has 19 heavy (non-hydrogen) atoms. The van der Waals surface area contributed by atoms with Gasteiger partial charge in [-0.2, -0.15) is 12.6 Å². The van der Waals surface area contributed by atoms with E-state index < -0.39 is 11.9 Å². The Bertz CT molecular complexity index is 418. The van der Waals surface area contributed by atoms with Crippen LogP contribution in [0.1, 0.15) is 19.8 Å². The summed E-state index contributed by atoms with van der Waals surface area (Å²) in [7, 11) is 0. The molecule has 2 saturated heterocycles. The summed E-state index contributed by atoms with van der Waals surface area (Å²) < 4.78 is 0. The monoisotopic (exact) mass is 285 g/mol. The van der Waals surface area contributed by atoms with Crippen LogP contribution in [0.5, 0.6) is 0 Å². The molecule has 1 atom stereocenters. The van der Waals surface area contributed by atoms with E-state index in [9.17, 15) is 14.4 Å². The van der Waals surface area contributed by atoms with Crippen LogP contribution in [-0.4, -0.2) is 59.0 Å². The molecule has 0 radical (unpaired) electrons. The number of nitrogens with two attached hydrogens (primary N) is 1. The first-order valence-corrected chi connectivity index (χ1v) is 7.01. The second kappa shape index (κ2) is 5.03. The molecule has 2 aliphatic heterocycles. The van der Waals surface area contributed by atoms with Crippen molar-refractivity contribution in [1.29, 1.82) is 0 Å². The minimum Gasteiger partial charge on any atom is -0.368 e. The molecule has 0 aromatic carbocycles. The van der Waals surface area contributed by atoms with Crippen molar-refractivity contribution in [2.24, 2.45) is 11.1 Å². The molecule has 0 aliphatic carbocycles. The molecule has 2 heterocycles. The van der Waals surface area contributed by atoms with E-state index in [2.05, 4.69) is 12.6 Å². The third-order valence-corrected chi connectivity index (χ3v) is 4.58. The number of carbonyl (C=O) groups is 3. The minimum atomic E-state index is -0.618. The van der Waals surface area contributed by atoms with Crippen LogP contribution in [0.25, 0.3) is 0 Å². The second-order valence-electron chi connectivity index (χ2n) is 5.32. The van der Waals surface area contributed by atoms with Gasteiger partial charge in [-0.25, -0.2) is 0 Å². The van der Waals surface area contributed by atoms with Crippen molar-refractivity contribution in [2.45, 2.75) is 25.8 Å². The van der Waals surface area contributed by atoms with E-state index in [0.717, 1.165) is 0 Å². The van der Waals surface area contributed by atoms with Crippen molar-refractivity contribution in [3.8, 4) is 0 Å². The SMILES string of the molecule is CC(=O)N1CCC2(CC1)CN([C@@H](CS)C(N)=O)C2=O. The lowest BCUT2D eigenvalue weighted by atomic mass is 9.70. The van der Waals surface area contributed by atoms with Crippen LogP contribution in [0, 0.1) is 5.41 Å². The molecular weight excluding hydrogens is 266 g/mol. The Morgan fingerprint density at radius 1 is 1.42 bits per heavy atom. The maximum atomic E-state index is 12.3. The molecule has 0 unspecified atom stereocenters. The van der Waals surface area contributed by atoms with Gasteiger partial charge in [-0.05, 0) is 12.8 Å². The highest BCUT2D eigenvalue weighted by Gasteiger charge is 2.55. The molecule has 3 amide bonds. The highest BCUT2D eigenvalue weighted by molar-refractivity contribution is 7.80. The first-order chi connectivity index (χ1) is 8.91. The van der Waals surface area contributed by atoms with Crippen molar-refractivity contribution >= 4 is 30.4 Å². The quantitative estimate of drug-likeness (QED) is 0.528. The number of hydrogen-bond acceptors (Lipinski definition) is 4. The van der Waals surface area contributed by atoms with Gasteiger partial charge in [-0.1, -0.05) is 0 Å². The summed E-state index contributed by atoms with van der Waals surface area (Å²) >= 11 is 4.07. The predicted molar refractivity (Wildman–Crippen MR) is 72.5 cm³/mol. The summed E-state index contributed by atoms with van der Waals surface area (Å²) in [6.45, 7) is 3.30. The maximum absolute atomic E-state index is 12.3. The molecule has 0 saturated carbocycles. The smallest absolute Gasteiger partial charge is 0.241 e. The minimum absolute atomic E-state index is 0.0199. The average Bonchev–Trinajstić information content (AvgIpc) is 2.38. The van der Waals surface area contributed by atoms with Crippen LogP contribution < -0.4 is 5.73 Å². The van der Waals surface area contributed by atoms with Gasteiger partial charge in [0.2, 0.25) is 17.7 Å². The Morgan fingerprint density at radius 3 is 2.37 bits per heavy atom. The number of piperidine rings is 1. The zero-order valence-corrected chi connectivity index (χ0v) is 11.9. The van der Waals surface area contributed by atoms with E-state index >= 15 is 0 Å². The fourth-order valence-electron chi connectivity index (χ4n) is 2.89. The summed E-state index contributed by atoms with van der Waals surface area (Å²) in [4.78, 5) is 38.1. The predicted octanol–water partition coefficient (Wildman–Crippen LogP) is -0.759. The number of likely N-dealkylation sites (tertiary alicyclic amines) is 2. The molecule has 0 bridgehead atoms. The van der Waals surface area contributed by atoms with Crippen molar-refractivity contribution in [2.75, 3.05) is 25.4 Å². The second-order valence-corrected chi connectivity index (χ2v) is 5.69. The summed E-state index contributed by atoms with van der Waals surface area (Å²) in [6.07, 6.45) is 1.33. The van der Waals surface area contributed by atoms with E-state index in [1.54, 1.807) is 4.90 Å². The fourth-order valence-corrected chi connectivity index (χ4v) is 3.27. The van der Waals surface area contributed by atoms with Gasteiger partial charge >= 0.3 is 0 Å². The number of thiol groups is 1. The van der Waals surface area contributed by atoms with Crippen LogP contribution in [0.2, 0.25) is 0 Å². The van der Waals surface area contributed by atoms with Crippen LogP contribution in [0.15, 0.2) is 0 Å². The summed E-state index contributed by atoms with van der Waals surface area (Å²) in [5.74, 6) is -0.242. The Balaban J connectivity index is 1.98. The first-order valence-electron chi connectivity index (χ1n) is 6.38. The Hall–Kier alpha value is -1.24. The van der Waals surface area contributed by atoms with Gasteiger partial charge in [0.25, 0.3) is 0 Å². The average molecular weight is 285 g/mol. The van der Waals surface area contributed by atoms with Gasteiger partial charge in [-0.15, -0.1) is 0 Å². The standard InChI is InChI=1S/C12H19N3O3S/c1-8(16)14-4-2-12(3-5-14)7-15(11(12)18)9(6-19)10(13)17/h9,19H,2-7H2,1H3,(H2,13,17)/t9-/m0/s1. The lowest BCUT2D eigenvalue weighted by Crippen LogP contribution is -2.69. The third-order valence-electron chi connectivity index (χ3n) is 4.23. The van der Waals surface area contributed by atoms with Gasteiger partial charge in [0.1, 0.15) is 6.04 Å². The summed E-state index contributed by atoms with van der Waals surface area (Å²) in [5.41, 5.74) is 4.88. The van der Waals surface area contributed by atoms with Crippen LogP contribution >= 0.6 is 12.6 Å². The number of β-lactam (4-membered cyclic amide) rings is 1. The van der Waals surface area contributed by atoms with E-state index in [1.807, 2.05) is 0 Å². The Labute approximate surface area is 117 Å². The van der Waals surface area contributed by atoms with Gasteiger partial charge < -0.3 is 15.5 Å². The zero-order chi connectivity index (χ0) is 14.2. The van der Waals surface area contributed by atoms with Crippen molar-refractivity contribution in [3.05, 3.63) is 0 Å². The van der Waals surface area contributed by atoms with Crippen molar-refractivity contribution < 1.29 is 14.4 Å². The lowest BCUT2D eigenvalue weighted by molar-refractivity contribution is -0.172. The highest BCUT2D eigenvalue weighted by Crippen LogP contribution is 2.42. The van der Waals surface area contributed by atoms with E-state index in [0.29, 0.717) is 32.5 Å². The molecule has 2 N–H and O–H groups in total. The van der Waals surface area contributed by atoms with E-state index in [4.69, 9.17) is 5.73 Å². The number of rotatable bonds is 3. The van der Waals surface area contributed by atoms with Crippen LogP contribution in [-0.2, 0) is 14.4 Å². The largest absolute Gasteiger partial charge is 0.368 e. The summed E-state index contributed by atoms with van der Waals surface area (Å²) in [6, 6.07) is -0.618. The topological polar surface area (TPSA) is 83.7 Å². The summed E-state index contributed by atoms with van der Waals surface area (Å²) in [5, 5.41) is 0. The lowest BCUT2D eigenvalue weighted by Gasteiger charge is -2.54. The highest BCUT2D eigenvalue weighted by atomic mass is 32.1. The van der Waals surface area contributed by atoms with Crippen molar-refractivity contribution in [3.63, 3.8) is 0 Å². The number of nitrogens with zero attached hydrogens (tertiary/aromatic N) is 2. The van der Waals surface area contributed by atoms with Gasteiger partial charge in [0.15, 0.2) is 0 Å². The molecule has 0 aromatic heterocycles. The molecule has 7 heteroatoms. The zero-order valence-electron chi connectivity index (χ0n) is 11.0. The van der Waals surface area contributed by atoms with E-state index in [1.165, 1.54) is 11.8 Å². The molecular formula is C12H19N3O3S. The Morgan fingerprint density at radius 2 is 2.00 bits per heavy atom. The van der Waals surface area contributed by atoms with Crippen LogP contribution in [0.3, 0.4) is 0 Å². The molecule has 1 spiro atoms. The molecule has 2 aliphatic rings. The van der Waals surface area contributed by atoms with E-state index in [-0.39, 0.29) is 23.0 Å². The van der Waals surface area contributed by atoms with Gasteiger partial charge in [0, 0.05) is 32.3 Å². The fraction of sp³-hybridized carbons (Fsp3) is 0.750. The number of hydrogen-bond donors (Lipinski definition) is 2. The van der Waals surface area contributed by atoms with Crippen LogP contribution in [0.4, 0.5) is 0 Å². The number of amides is 3. The number of carbonyl (C=O) groups excluding carboxylic acids is 3. The molecule has 0 aromatic rings.